The Balaban J connectivity index is 3.27. The van der Waals surface area contributed by atoms with E-state index in [9.17, 15) is 39.6 Å². The van der Waals surface area contributed by atoms with Gasteiger partial charge in [0.1, 0.15) is 25.4 Å². The number of ether oxygens (including phenoxy) is 3. The van der Waals surface area contributed by atoms with Crippen LogP contribution in [0.5, 0.6) is 0 Å². The normalized spacial score (nSPS) is 29.3. The van der Waals surface area contributed by atoms with Crippen molar-refractivity contribution in [2.45, 2.75) is 56.5 Å². The zero-order valence-electron chi connectivity index (χ0n) is 15.1. The number of aliphatic hydroxyl groups excluding tert-OH is 3. The molecule has 0 spiro atoms. The first-order valence-corrected chi connectivity index (χ1v) is 8.11. The fourth-order valence-electron chi connectivity index (χ4n) is 2.65. The second-order valence-corrected chi connectivity index (χ2v) is 6.14. The molecule has 13 heteroatoms. The molecule has 6 atom stereocenters. The lowest BCUT2D eigenvalue weighted by Crippen LogP contribution is -2.68. The maximum Gasteiger partial charge on any atom is 0.364 e. The highest BCUT2D eigenvalue weighted by molar-refractivity contribution is 5.78. The Labute approximate surface area is 158 Å². The summed E-state index contributed by atoms with van der Waals surface area (Å²) in [5.41, 5.74) is 0. The summed E-state index contributed by atoms with van der Waals surface area (Å²) >= 11 is 0. The van der Waals surface area contributed by atoms with E-state index in [-0.39, 0.29) is 0 Å². The molecule has 1 saturated heterocycles. The molecule has 13 nitrogen and oxygen atoms in total. The van der Waals surface area contributed by atoms with Crippen molar-refractivity contribution in [3.8, 4) is 0 Å². The largest absolute Gasteiger partial charge is 0.477 e. The number of nitrogens with one attached hydrogen (secondary N) is 1. The average molecular weight is 409 g/mol. The topological polar surface area (TPSA) is 209 Å². The van der Waals surface area contributed by atoms with Gasteiger partial charge in [-0.25, -0.2) is 4.79 Å². The van der Waals surface area contributed by atoms with Gasteiger partial charge in [0.25, 0.3) is 5.79 Å². The first kappa shape index (κ1) is 23.7. The van der Waals surface area contributed by atoms with Crippen LogP contribution in [0.3, 0.4) is 0 Å². The van der Waals surface area contributed by atoms with Crippen LogP contribution in [-0.4, -0.2) is 98.8 Å². The Morgan fingerprint density at radius 1 is 1.25 bits per heavy atom. The van der Waals surface area contributed by atoms with Gasteiger partial charge < -0.3 is 45.1 Å². The van der Waals surface area contributed by atoms with Gasteiger partial charge in [-0.2, -0.15) is 0 Å². The third-order valence-electron chi connectivity index (χ3n) is 3.85. The third-order valence-corrected chi connectivity index (χ3v) is 3.85. The van der Waals surface area contributed by atoms with Crippen molar-refractivity contribution in [1.29, 1.82) is 0 Å². The Morgan fingerprint density at radius 2 is 1.86 bits per heavy atom. The fourth-order valence-corrected chi connectivity index (χ4v) is 2.65. The van der Waals surface area contributed by atoms with Crippen LogP contribution in [0.25, 0.3) is 0 Å². The van der Waals surface area contributed by atoms with Crippen LogP contribution in [0.1, 0.15) is 20.3 Å². The maximum atomic E-state index is 11.5. The van der Waals surface area contributed by atoms with Crippen molar-refractivity contribution in [3.63, 3.8) is 0 Å². The van der Waals surface area contributed by atoms with Crippen LogP contribution in [-0.2, 0) is 33.4 Å². The monoisotopic (exact) mass is 409 g/mol. The predicted molar refractivity (Wildman–Crippen MR) is 85.3 cm³/mol. The lowest BCUT2D eigenvalue weighted by molar-refractivity contribution is -0.296. The quantitative estimate of drug-likeness (QED) is 0.214. The smallest absolute Gasteiger partial charge is 0.364 e. The summed E-state index contributed by atoms with van der Waals surface area (Å²) in [7, 11) is 0. The number of carboxylic acid groups (broad SMARTS) is 1. The van der Waals surface area contributed by atoms with Crippen LogP contribution < -0.4 is 5.32 Å². The van der Waals surface area contributed by atoms with E-state index < -0.39 is 79.7 Å². The van der Waals surface area contributed by atoms with Gasteiger partial charge >= 0.3 is 17.9 Å². The van der Waals surface area contributed by atoms with Crippen molar-refractivity contribution in [1.82, 2.24) is 5.32 Å². The summed E-state index contributed by atoms with van der Waals surface area (Å²) in [6.07, 6.45) is -7.91. The van der Waals surface area contributed by atoms with Crippen molar-refractivity contribution in [3.05, 3.63) is 0 Å². The molecule has 0 radical (unpaired) electrons. The number of carboxylic acids is 1. The minimum absolute atomic E-state index is 0.699. The van der Waals surface area contributed by atoms with Crippen LogP contribution in [0.4, 0.5) is 0 Å². The number of aliphatic carboxylic acids is 1. The first-order chi connectivity index (χ1) is 12.9. The van der Waals surface area contributed by atoms with Gasteiger partial charge in [0.15, 0.2) is 6.10 Å². The fraction of sp³-hybridized carbons (Fsp3) is 0.733. The Hall–Kier alpha value is -2.32. The number of rotatable bonds is 8. The molecule has 1 rings (SSSR count). The molecule has 1 amide bonds. The van der Waals surface area contributed by atoms with E-state index in [0.717, 1.165) is 13.8 Å². The summed E-state index contributed by atoms with van der Waals surface area (Å²) < 4.78 is 14.6. The van der Waals surface area contributed by atoms with Gasteiger partial charge in [0.05, 0.1) is 12.1 Å². The number of hydrogen-bond acceptors (Lipinski definition) is 11. The minimum atomic E-state index is -2.93. The number of carbonyl (C=O) groups excluding carboxylic acids is 3. The van der Waals surface area contributed by atoms with E-state index in [1.54, 1.807) is 0 Å². The standard InChI is InChI=1S/C15H23NO12/c1-6(18)26-5-9(21)12(27-7(2)19)13-11(16-10(22)4-17)8(20)3-15(25,28-13)14(23)24/h8-9,11-13,17,20-21,25H,3-5H2,1-2H3,(H,16,22)(H,23,24)/t8-,9+,11+,12+,13+,15?/m0/s1. The number of hydrogen-bond donors (Lipinski definition) is 6. The lowest BCUT2D eigenvalue weighted by atomic mass is 9.88. The summed E-state index contributed by atoms with van der Waals surface area (Å²) in [5, 5.41) is 50.8. The number of amides is 1. The van der Waals surface area contributed by atoms with Crippen molar-refractivity contribution < 1.29 is 58.9 Å². The molecular weight excluding hydrogens is 386 g/mol. The minimum Gasteiger partial charge on any atom is -0.477 e. The zero-order chi connectivity index (χ0) is 21.6. The highest BCUT2D eigenvalue weighted by atomic mass is 16.7. The van der Waals surface area contributed by atoms with Crippen molar-refractivity contribution in [2.24, 2.45) is 0 Å². The van der Waals surface area contributed by atoms with Gasteiger partial charge in [0, 0.05) is 20.3 Å². The molecule has 1 heterocycles. The molecule has 160 valence electrons. The maximum absolute atomic E-state index is 11.5. The highest BCUT2D eigenvalue weighted by Gasteiger charge is 2.55. The molecule has 0 saturated carbocycles. The van der Waals surface area contributed by atoms with Gasteiger partial charge in [-0.3, -0.25) is 14.4 Å². The van der Waals surface area contributed by atoms with Crippen LogP contribution in [0.15, 0.2) is 0 Å². The van der Waals surface area contributed by atoms with Crippen molar-refractivity contribution >= 4 is 23.8 Å². The highest BCUT2D eigenvalue weighted by Crippen LogP contribution is 2.31. The Bertz CT molecular complexity index is 610. The van der Waals surface area contributed by atoms with E-state index in [2.05, 4.69) is 10.1 Å². The van der Waals surface area contributed by atoms with E-state index in [1.165, 1.54) is 0 Å². The van der Waals surface area contributed by atoms with Crippen LogP contribution in [0.2, 0.25) is 0 Å². The predicted octanol–water partition coefficient (Wildman–Crippen LogP) is -3.76. The molecule has 1 unspecified atom stereocenters. The van der Waals surface area contributed by atoms with Crippen molar-refractivity contribution in [2.75, 3.05) is 13.2 Å². The van der Waals surface area contributed by atoms with E-state index in [0.29, 0.717) is 0 Å². The summed E-state index contributed by atoms with van der Waals surface area (Å²) in [5.74, 6) is -7.53. The number of aliphatic hydroxyl groups is 4. The van der Waals surface area contributed by atoms with E-state index >= 15 is 0 Å². The van der Waals surface area contributed by atoms with Gasteiger partial charge in [-0.1, -0.05) is 0 Å². The molecular formula is C15H23NO12. The van der Waals surface area contributed by atoms with Crippen LogP contribution in [0, 0.1) is 0 Å². The molecule has 0 aliphatic carbocycles. The van der Waals surface area contributed by atoms with Gasteiger partial charge in [-0.05, 0) is 0 Å². The molecule has 1 aliphatic rings. The molecule has 28 heavy (non-hydrogen) atoms. The second-order valence-electron chi connectivity index (χ2n) is 6.14. The Kier molecular flexibility index (Phi) is 8.26. The van der Waals surface area contributed by atoms with E-state index in [1.807, 2.05) is 0 Å². The summed E-state index contributed by atoms with van der Waals surface area (Å²) in [6, 6.07) is -1.49. The Morgan fingerprint density at radius 3 is 2.32 bits per heavy atom. The van der Waals surface area contributed by atoms with Gasteiger partial charge in [0.2, 0.25) is 5.91 Å². The molecule has 0 bridgehead atoms. The lowest BCUT2D eigenvalue weighted by Gasteiger charge is -2.45. The molecule has 0 aromatic heterocycles. The SMILES string of the molecule is CC(=O)OC[C@@H](O)[C@@H](OC(C)=O)[C@@H]1OC(O)(C(=O)O)C[C@H](O)[C@H]1NC(=O)CO. The second kappa shape index (κ2) is 9.75. The first-order valence-electron chi connectivity index (χ1n) is 8.11. The molecule has 1 aliphatic heterocycles. The van der Waals surface area contributed by atoms with E-state index in [4.69, 9.17) is 14.6 Å². The van der Waals surface area contributed by atoms with Crippen LogP contribution >= 0.6 is 0 Å². The van der Waals surface area contributed by atoms with Gasteiger partial charge in [-0.15, -0.1) is 0 Å². The number of carbonyl (C=O) groups is 4. The zero-order valence-corrected chi connectivity index (χ0v) is 15.1. The molecule has 0 aromatic rings. The molecule has 0 aromatic carbocycles. The average Bonchev–Trinajstić information content (AvgIpc) is 2.59. The summed E-state index contributed by atoms with van der Waals surface area (Å²) in [6.45, 7) is 0.306. The summed E-state index contributed by atoms with van der Waals surface area (Å²) in [4.78, 5) is 45.3. The molecule has 6 N–H and O–H groups in total. The number of esters is 2. The third kappa shape index (κ3) is 6.10. The molecule has 1 fully saturated rings.